The third-order valence-corrected chi connectivity index (χ3v) is 5.91. The summed E-state index contributed by atoms with van der Waals surface area (Å²) in [6.07, 6.45) is 1.08. The molecule has 0 saturated carbocycles. The summed E-state index contributed by atoms with van der Waals surface area (Å²) >= 11 is 0. The molecule has 6 heteroatoms. The predicted molar refractivity (Wildman–Crippen MR) is 124 cm³/mol. The molecule has 1 aliphatic rings. The number of methoxy groups -OCH3 is 2. The normalized spacial score (nSPS) is 14.4. The number of amides is 1. The summed E-state index contributed by atoms with van der Waals surface area (Å²) in [4.78, 5) is 17.0. The quantitative estimate of drug-likeness (QED) is 0.531. The van der Waals surface area contributed by atoms with Crippen molar-refractivity contribution in [3.05, 3.63) is 72.0 Å². The number of piperazine rings is 1. The lowest BCUT2D eigenvalue weighted by Crippen LogP contribution is -2.48. The zero-order chi connectivity index (χ0) is 22.3. The van der Waals surface area contributed by atoms with Gasteiger partial charge in [0.15, 0.2) is 0 Å². The number of carbonyl (C=O) groups excluding carboxylic acids is 1. The molecule has 0 N–H and O–H groups in total. The summed E-state index contributed by atoms with van der Waals surface area (Å²) in [6.45, 7) is 3.92. The predicted octanol–water partition coefficient (Wildman–Crippen LogP) is 4.24. The van der Waals surface area contributed by atoms with Crippen LogP contribution in [-0.2, 0) is 17.8 Å². The average Bonchev–Trinajstić information content (AvgIpc) is 3.32. The molecular weight excluding hydrogens is 404 g/mol. The summed E-state index contributed by atoms with van der Waals surface area (Å²) in [7, 11) is 3.35. The Morgan fingerprint density at radius 3 is 2.44 bits per heavy atom. The van der Waals surface area contributed by atoms with Gasteiger partial charge < -0.3 is 18.8 Å². The zero-order valence-electron chi connectivity index (χ0n) is 18.8. The first kappa shape index (κ1) is 22.0. The van der Waals surface area contributed by atoms with Crippen molar-refractivity contribution in [3.63, 3.8) is 0 Å². The highest BCUT2D eigenvalue weighted by Gasteiger charge is 2.22. The first-order chi connectivity index (χ1) is 15.7. The molecule has 1 saturated heterocycles. The first-order valence-corrected chi connectivity index (χ1v) is 11.0. The van der Waals surface area contributed by atoms with Crippen LogP contribution in [0, 0.1) is 0 Å². The molecule has 0 unspecified atom stereocenters. The van der Waals surface area contributed by atoms with Crippen molar-refractivity contribution in [2.45, 2.75) is 19.4 Å². The lowest BCUT2D eigenvalue weighted by molar-refractivity contribution is -0.133. The van der Waals surface area contributed by atoms with Gasteiger partial charge in [0.2, 0.25) is 5.91 Å². The topological polar surface area (TPSA) is 55.2 Å². The monoisotopic (exact) mass is 434 g/mol. The minimum atomic E-state index is 0.182. The highest BCUT2D eigenvalue weighted by atomic mass is 16.5. The summed E-state index contributed by atoms with van der Waals surface area (Å²) in [5, 5.41) is 0. The molecule has 1 fully saturated rings. The molecule has 32 heavy (non-hydrogen) atoms. The molecule has 4 rings (SSSR count). The maximum Gasteiger partial charge on any atom is 0.223 e. The van der Waals surface area contributed by atoms with Gasteiger partial charge in [0.05, 0.1) is 14.2 Å². The van der Waals surface area contributed by atoms with Crippen LogP contribution in [0.3, 0.4) is 0 Å². The van der Waals surface area contributed by atoms with E-state index in [4.69, 9.17) is 13.9 Å². The van der Waals surface area contributed by atoms with Gasteiger partial charge in [-0.1, -0.05) is 30.3 Å². The van der Waals surface area contributed by atoms with Crippen molar-refractivity contribution < 1.29 is 18.7 Å². The summed E-state index contributed by atoms with van der Waals surface area (Å²) < 4.78 is 16.8. The summed E-state index contributed by atoms with van der Waals surface area (Å²) in [5.41, 5.74) is 2.15. The maximum atomic E-state index is 12.7. The van der Waals surface area contributed by atoms with Gasteiger partial charge >= 0.3 is 0 Å². The van der Waals surface area contributed by atoms with Gasteiger partial charge in [-0.3, -0.25) is 9.69 Å². The van der Waals surface area contributed by atoms with Crippen LogP contribution in [0.15, 0.2) is 65.1 Å². The van der Waals surface area contributed by atoms with Crippen molar-refractivity contribution in [2.75, 3.05) is 40.4 Å². The van der Waals surface area contributed by atoms with Gasteiger partial charge in [-0.05, 0) is 30.3 Å². The van der Waals surface area contributed by atoms with Crippen LogP contribution >= 0.6 is 0 Å². The Labute approximate surface area is 189 Å². The highest BCUT2D eigenvalue weighted by Crippen LogP contribution is 2.26. The Bertz CT molecular complexity index is 1020. The molecule has 6 nitrogen and oxygen atoms in total. The molecule has 3 aromatic rings. The van der Waals surface area contributed by atoms with Gasteiger partial charge in [0.1, 0.15) is 23.0 Å². The molecule has 0 atom stereocenters. The first-order valence-electron chi connectivity index (χ1n) is 11.0. The number of furan rings is 1. The van der Waals surface area contributed by atoms with E-state index in [2.05, 4.69) is 4.90 Å². The lowest BCUT2D eigenvalue weighted by atomic mass is 10.1. The number of ether oxygens (including phenoxy) is 2. The second-order valence-corrected chi connectivity index (χ2v) is 7.97. The summed E-state index contributed by atoms with van der Waals surface area (Å²) in [6, 6.07) is 19.8. The molecule has 0 radical (unpaired) electrons. The Hall–Kier alpha value is -3.25. The molecule has 1 amide bonds. The van der Waals surface area contributed by atoms with Gasteiger partial charge in [0, 0.05) is 56.7 Å². The second-order valence-electron chi connectivity index (χ2n) is 7.97. The molecule has 168 valence electrons. The van der Waals surface area contributed by atoms with E-state index < -0.39 is 0 Å². The number of aryl methyl sites for hydroxylation is 1. The van der Waals surface area contributed by atoms with Gasteiger partial charge in [-0.25, -0.2) is 0 Å². The van der Waals surface area contributed by atoms with E-state index in [-0.39, 0.29) is 5.91 Å². The van der Waals surface area contributed by atoms with Crippen LogP contribution in [0.5, 0.6) is 11.5 Å². The van der Waals surface area contributed by atoms with E-state index in [0.717, 1.165) is 66.9 Å². The largest absolute Gasteiger partial charge is 0.497 e. The standard InChI is InChI=1S/C26H30N2O4/c1-30-23-9-11-24(31-2)21(18-23)19-27-14-16-28(17-15-27)26(29)13-10-22-8-12-25(32-22)20-6-4-3-5-7-20/h3-9,11-12,18H,10,13-17,19H2,1-2H3. The smallest absolute Gasteiger partial charge is 0.223 e. The minimum Gasteiger partial charge on any atom is -0.497 e. The SMILES string of the molecule is COc1ccc(OC)c(CN2CCN(C(=O)CCc3ccc(-c4ccccc4)o3)CC2)c1. The maximum absolute atomic E-state index is 12.7. The Kier molecular flexibility index (Phi) is 7.12. The van der Waals surface area contributed by atoms with Gasteiger partial charge in [-0.15, -0.1) is 0 Å². The van der Waals surface area contributed by atoms with Crippen LogP contribution in [-0.4, -0.2) is 56.1 Å². The fourth-order valence-electron chi connectivity index (χ4n) is 4.06. The van der Waals surface area contributed by atoms with Crippen molar-refractivity contribution in [2.24, 2.45) is 0 Å². The Morgan fingerprint density at radius 1 is 0.938 bits per heavy atom. The number of hydrogen-bond donors (Lipinski definition) is 0. The van der Waals surface area contributed by atoms with Crippen LogP contribution in [0.25, 0.3) is 11.3 Å². The average molecular weight is 435 g/mol. The number of nitrogens with zero attached hydrogens (tertiary/aromatic N) is 2. The van der Waals surface area contributed by atoms with Crippen molar-refractivity contribution >= 4 is 5.91 Å². The van der Waals surface area contributed by atoms with E-state index >= 15 is 0 Å². The lowest BCUT2D eigenvalue weighted by Gasteiger charge is -2.35. The third kappa shape index (κ3) is 5.32. The molecule has 2 aromatic carbocycles. The van der Waals surface area contributed by atoms with E-state index in [1.807, 2.05) is 65.6 Å². The highest BCUT2D eigenvalue weighted by molar-refractivity contribution is 5.76. The summed E-state index contributed by atoms with van der Waals surface area (Å²) in [5.74, 6) is 3.55. The second kappa shape index (κ2) is 10.4. The van der Waals surface area contributed by atoms with Gasteiger partial charge in [0.25, 0.3) is 0 Å². The third-order valence-electron chi connectivity index (χ3n) is 5.91. The fraction of sp³-hybridized carbons (Fsp3) is 0.346. The van der Waals surface area contributed by atoms with Gasteiger partial charge in [-0.2, -0.15) is 0 Å². The molecule has 2 heterocycles. The van der Waals surface area contributed by atoms with Crippen molar-refractivity contribution in [1.29, 1.82) is 0 Å². The van der Waals surface area contributed by atoms with Crippen LogP contribution in [0.4, 0.5) is 0 Å². The Balaban J connectivity index is 1.26. The van der Waals surface area contributed by atoms with Crippen LogP contribution in [0.1, 0.15) is 17.7 Å². The number of hydrogen-bond acceptors (Lipinski definition) is 5. The fourth-order valence-corrected chi connectivity index (χ4v) is 4.06. The molecular formula is C26H30N2O4. The van der Waals surface area contributed by atoms with Crippen molar-refractivity contribution in [1.82, 2.24) is 9.80 Å². The Morgan fingerprint density at radius 2 is 1.72 bits per heavy atom. The number of rotatable bonds is 8. The van der Waals surface area contributed by atoms with E-state index in [9.17, 15) is 4.79 Å². The van der Waals surface area contributed by atoms with E-state index in [1.165, 1.54) is 0 Å². The van der Waals surface area contributed by atoms with Crippen LogP contribution < -0.4 is 9.47 Å². The zero-order valence-corrected chi connectivity index (χ0v) is 18.8. The minimum absolute atomic E-state index is 0.182. The molecule has 0 spiro atoms. The molecule has 1 aromatic heterocycles. The number of benzene rings is 2. The van der Waals surface area contributed by atoms with E-state index in [0.29, 0.717) is 12.8 Å². The van der Waals surface area contributed by atoms with Crippen molar-refractivity contribution in [3.8, 4) is 22.8 Å². The molecule has 1 aliphatic heterocycles. The van der Waals surface area contributed by atoms with Crippen LogP contribution in [0.2, 0.25) is 0 Å². The molecule has 0 aliphatic carbocycles. The number of carbonyl (C=O) groups is 1. The molecule has 0 bridgehead atoms. The van der Waals surface area contributed by atoms with E-state index in [1.54, 1.807) is 14.2 Å².